The van der Waals surface area contributed by atoms with E-state index in [1.54, 1.807) is 7.11 Å². The molecule has 0 amide bonds. The van der Waals surface area contributed by atoms with Crippen LogP contribution in [0.2, 0.25) is 0 Å². The highest BCUT2D eigenvalue weighted by molar-refractivity contribution is 4.93. The van der Waals surface area contributed by atoms with Crippen LogP contribution in [0.4, 0.5) is 0 Å². The van der Waals surface area contributed by atoms with Gasteiger partial charge in [-0.1, -0.05) is 41.0 Å². The van der Waals surface area contributed by atoms with Gasteiger partial charge in [0.25, 0.3) is 0 Å². The zero-order valence-electron chi connectivity index (χ0n) is 13.8. The predicted molar refractivity (Wildman–Crippen MR) is 82.6 cm³/mol. The Hall–Kier alpha value is -0.120. The maximum atomic E-state index is 5.21. The lowest BCUT2D eigenvalue weighted by atomic mass is 9.82. The Balaban J connectivity index is 2.63. The molecule has 0 aromatic heterocycles. The van der Waals surface area contributed by atoms with Crippen LogP contribution in [-0.4, -0.2) is 50.3 Å². The van der Waals surface area contributed by atoms with Gasteiger partial charge in [0.2, 0.25) is 0 Å². The highest BCUT2D eigenvalue weighted by Crippen LogP contribution is 2.28. The van der Waals surface area contributed by atoms with Gasteiger partial charge in [0, 0.05) is 45.4 Å². The highest BCUT2D eigenvalue weighted by Gasteiger charge is 2.36. The van der Waals surface area contributed by atoms with Crippen LogP contribution in [0.3, 0.4) is 0 Å². The zero-order valence-corrected chi connectivity index (χ0v) is 13.8. The van der Waals surface area contributed by atoms with E-state index in [1.165, 1.54) is 13.0 Å². The number of rotatable bonds is 6. The van der Waals surface area contributed by atoms with E-state index in [9.17, 15) is 0 Å². The van der Waals surface area contributed by atoms with Gasteiger partial charge >= 0.3 is 0 Å². The second-order valence-corrected chi connectivity index (χ2v) is 7.12. The summed E-state index contributed by atoms with van der Waals surface area (Å²) in [7, 11) is 1.79. The van der Waals surface area contributed by atoms with Crippen molar-refractivity contribution in [1.29, 1.82) is 0 Å². The molecule has 1 aliphatic rings. The Morgan fingerprint density at radius 2 is 2.05 bits per heavy atom. The third-order valence-corrected chi connectivity index (χ3v) is 4.57. The number of hydrogen-bond donors (Lipinski definition) is 1. The van der Waals surface area contributed by atoms with Crippen LogP contribution in [0.5, 0.6) is 0 Å². The lowest BCUT2D eigenvalue weighted by Crippen LogP contribution is -2.62. The maximum absolute atomic E-state index is 5.21. The molecule has 1 N–H and O–H groups in total. The molecule has 1 aliphatic heterocycles. The molecule has 3 heteroatoms. The van der Waals surface area contributed by atoms with Gasteiger partial charge in [0.15, 0.2) is 0 Å². The summed E-state index contributed by atoms with van der Waals surface area (Å²) in [6.07, 6.45) is 2.39. The summed E-state index contributed by atoms with van der Waals surface area (Å²) in [5.41, 5.74) is 0.334. The summed E-state index contributed by atoms with van der Waals surface area (Å²) in [6.45, 7) is 16.0. The quantitative estimate of drug-likeness (QED) is 0.751. The van der Waals surface area contributed by atoms with Crippen LogP contribution in [0, 0.1) is 11.3 Å². The number of nitrogens with one attached hydrogen (secondary N) is 1. The maximum Gasteiger partial charge on any atom is 0.0474 e. The number of ether oxygens (including phenoxy) is 1. The molecular formula is C16H34N2O. The van der Waals surface area contributed by atoms with E-state index in [4.69, 9.17) is 4.74 Å². The van der Waals surface area contributed by atoms with Crippen molar-refractivity contribution in [2.45, 2.75) is 59.5 Å². The molecule has 19 heavy (non-hydrogen) atoms. The molecular weight excluding hydrogens is 236 g/mol. The molecule has 1 heterocycles. The molecule has 0 bridgehead atoms. The number of methoxy groups -OCH3 is 1. The zero-order chi connectivity index (χ0) is 14.5. The first-order valence-electron chi connectivity index (χ1n) is 7.86. The Morgan fingerprint density at radius 3 is 2.58 bits per heavy atom. The van der Waals surface area contributed by atoms with Crippen molar-refractivity contribution in [3.8, 4) is 0 Å². The predicted octanol–water partition coefficient (Wildman–Crippen LogP) is 2.76. The van der Waals surface area contributed by atoms with E-state index in [0.717, 1.165) is 32.0 Å². The number of hydrogen-bond acceptors (Lipinski definition) is 3. The first-order chi connectivity index (χ1) is 8.90. The summed E-state index contributed by atoms with van der Waals surface area (Å²) >= 11 is 0. The smallest absolute Gasteiger partial charge is 0.0474 e. The van der Waals surface area contributed by atoms with Crippen LogP contribution in [0.25, 0.3) is 0 Å². The van der Waals surface area contributed by atoms with Gasteiger partial charge in [-0.05, 0) is 17.8 Å². The van der Waals surface area contributed by atoms with Crippen molar-refractivity contribution in [3.05, 3.63) is 0 Å². The summed E-state index contributed by atoms with van der Waals surface area (Å²) in [5, 5.41) is 3.77. The Morgan fingerprint density at radius 1 is 1.37 bits per heavy atom. The van der Waals surface area contributed by atoms with Gasteiger partial charge in [0.1, 0.15) is 0 Å². The van der Waals surface area contributed by atoms with Gasteiger partial charge in [-0.15, -0.1) is 0 Å². The fraction of sp³-hybridized carbons (Fsp3) is 1.00. The second kappa shape index (κ2) is 7.61. The highest BCUT2D eigenvalue weighted by atomic mass is 16.5. The molecule has 1 saturated heterocycles. The van der Waals surface area contributed by atoms with Crippen LogP contribution in [0.1, 0.15) is 47.5 Å². The van der Waals surface area contributed by atoms with Crippen molar-refractivity contribution in [2.75, 3.05) is 33.4 Å². The van der Waals surface area contributed by atoms with Gasteiger partial charge in [-0.3, -0.25) is 4.90 Å². The average Bonchev–Trinajstić information content (AvgIpc) is 2.36. The topological polar surface area (TPSA) is 24.5 Å². The van der Waals surface area contributed by atoms with E-state index >= 15 is 0 Å². The fourth-order valence-corrected chi connectivity index (χ4v) is 3.02. The number of nitrogens with zero attached hydrogens (tertiary/aromatic N) is 1. The molecule has 0 saturated carbocycles. The molecule has 0 aliphatic carbocycles. The molecule has 114 valence electrons. The van der Waals surface area contributed by atoms with Crippen molar-refractivity contribution < 1.29 is 4.74 Å². The second-order valence-electron chi connectivity index (χ2n) is 7.12. The molecule has 0 spiro atoms. The van der Waals surface area contributed by atoms with Crippen LogP contribution in [0.15, 0.2) is 0 Å². The Kier molecular flexibility index (Phi) is 6.78. The lowest BCUT2D eigenvalue weighted by molar-refractivity contribution is 0.0374. The summed E-state index contributed by atoms with van der Waals surface area (Å²) in [5.74, 6) is 0.755. The van der Waals surface area contributed by atoms with Crippen molar-refractivity contribution in [1.82, 2.24) is 10.2 Å². The van der Waals surface area contributed by atoms with Gasteiger partial charge < -0.3 is 10.1 Å². The van der Waals surface area contributed by atoms with Gasteiger partial charge in [0.05, 0.1) is 0 Å². The standard InChI is InChI=1S/C16H34N2O/c1-7-13(2)14-12-18(9-8-10-19-6)15(11-17-14)16(3,4)5/h13-15,17H,7-12H2,1-6H3. The molecule has 1 fully saturated rings. The fourth-order valence-electron chi connectivity index (χ4n) is 3.02. The molecule has 0 aromatic rings. The van der Waals surface area contributed by atoms with Crippen LogP contribution < -0.4 is 5.32 Å². The van der Waals surface area contributed by atoms with E-state index in [-0.39, 0.29) is 0 Å². The van der Waals surface area contributed by atoms with Gasteiger partial charge in [-0.25, -0.2) is 0 Å². The monoisotopic (exact) mass is 270 g/mol. The summed E-state index contributed by atoms with van der Waals surface area (Å²) in [4.78, 5) is 2.69. The minimum Gasteiger partial charge on any atom is -0.385 e. The van der Waals surface area contributed by atoms with E-state index in [1.807, 2.05) is 0 Å². The van der Waals surface area contributed by atoms with E-state index < -0.39 is 0 Å². The van der Waals surface area contributed by atoms with Crippen LogP contribution >= 0.6 is 0 Å². The average molecular weight is 270 g/mol. The third kappa shape index (κ3) is 5.05. The Bertz CT molecular complexity index is 250. The van der Waals surface area contributed by atoms with Gasteiger partial charge in [-0.2, -0.15) is 0 Å². The summed E-state index contributed by atoms with van der Waals surface area (Å²) < 4.78 is 5.21. The molecule has 3 atom stereocenters. The Labute approximate surface area is 120 Å². The van der Waals surface area contributed by atoms with Crippen LogP contribution in [-0.2, 0) is 4.74 Å². The summed E-state index contributed by atoms with van der Waals surface area (Å²) in [6, 6.07) is 1.27. The largest absolute Gasteiger partial charge is 0.385 e. The number of piperazine rings is 1. The SMILES string of the molecule is CCC(C)C1CN(CCCOC)C(C(C)(C)C)CN1. The van der Waals surface area contributed by atoms with Crippen molar-refractivity contribution >= 4 is 0 Å². The minimum atomic E-state index is 0.334. The van der Waals surface area contributed by atoms with Crippen molar-refractivity contribution in [2.24, 2.45) is 11.3 Å². The molecule has 0 radical (unpaired) electrons. The van der Waals surface area contributed by atoms with Crippen molar-refractivity contribution in [3.63, 3.8) is 0 Å². The third-order valence-electron chi connectivity index (χ3n) is 4.57. The molecule has 3 nitrogen and oxygen atoms in total. The first-order valence-corrected chi connectivity index (χ1v) is 7.86. The normalized spacial score (nSPS) is 27.5. The molecule has 0 aromatic carbocycles. The molecule has 1 rings (SSSR count). The lowest BCUT2D eigenvalue weighted by Gasteiger charge is -2.47. The van der Waals surface area contributed by atoms with E-state index in [0.29, 0.717) is 17.5 Å². The first kappa shape index (κ1) is 16.9. The van der Waals surface area contributed by atoms with E-state index in [2.05, 4.69) is 44.8 Å². The minimum absolute atomic E-state index is 0.334. The molecule has 3 unspecified atom stereocenters.